The maximum absolute atomic E-state index is 3.40. The fraction of sp³-hybridized carbons (Fsp3) is 0.647. The van der Waals surface area contributed by atoms with Crippen LogP contribution in [0, 0.1) is 6.92 Å². The minimum absolute atomic E-state index is 0.612. The predicted molar refractivity (Wildman–Crippen MR) is 87.5 cm³/mol. The summed E-state index contributed by atoms with van der Waals surface area (Å²) in [6, 6.07) is 8.13. The Morgan fingerprint density at radius 3 is 2.40 bits per heavy atom. The molecule has 1 N–H and O–H groups in total. The lowest BCUT2D eigenvalue weighted by atomic mass is 10.0. The Bertz CT molecular complexity index is 432. The summed E-state index contributed by atoms with van der Waals surface area (Å²) in [5.41, 5.74) is 4.17. The fourth-order valence-electron chi connectivity index (χ4n) is 2.95. The molecule has 1 heterocycles. The van der Waals surface area contributed by atoms with Gasteiger partial charge in [-0.2, -0.15) is 0 Å². The number of aryl methyl sites for hydroxylation is 1. The second-order valence-corrected chi connectivity index (χ2v) is 6.16. The van der Waals surface area contributed by atoms with E-state index in [9.17, 15) is 0 Å². The van der Waals surface area contributed by atoms with Gasteiger partial charge in [0.05, 0.1) is 0 Å². The van der Waals surface area contributed by atoms with E-state index in [1.807, 2.05) is 0 Å². The summed E-state index contributed by atoms with van der Waals surface area (Å²) in [6.45, 7) is 13.2. The lowest BCUT2D eigenvalue weighted by molar-refractivity contribution is 0.170. The number of piperazine rings is 1. The van der Waals surface area contributed by atoms with Gasteiger partial charge in [0.25, 0.3) is 0 Å². The van der Waals surface area contributed by atoms with Crippen molar-refractivity contribution in [3.8, 4) is 0 Å². The molecule has 1 aromatic carbocycles. The first kappa shape index (κ1) is 15.3. The van der Waals surface area contributed by atoms with Gasteiger partial charge in [-0.25, -0.2) is 0 Å². The van der Waals surface area contributed by atoms with Gasteiger partial charge in [-0.05, 0) is 57.6 Å². The van der Waals surface area contributed by atoms with Crippen molar-refractivity contribution in [2.24, 2.45) is 0 Å². The molecular weight excluding hydrogens is 246 g/mol. The highest BCUT2D eigenvalue weighted by molar-refractivity contribution is 5.51. The normalized spacial score (nSPS) is 24.1. The van der Waals surface area contributed by atoms with Crippen molar-refractivity contribution in [2.75, 3.05) is 31.6 Å². The molecule has 1 fully saturated rings. The van der Waals surface area contributed by atoms with Crippen molar-refractivity contribution in [1.82, 2.24) is 10.2 Å². The Morgan fingerprint density at radius 1 is 1.20 bits per heavy atom. The third-order valence-electron chi connectivity index (χ3n) is 4.62. The van der Waals surface area contributed by atoms with Gasteiger partial charge in [-0.3, -0.25) is 4.90 Å². The van der Waals surface area contributed by atoms with Crippen LogP contribution in [0.3, 0.4) is 0 Å². The Morgan fingerprint density at radius 2 is 1.85 bits per heavy atom. The van der Waals surface area contributed by atoms with E-state index in [-0.39, 0.29) is 0 Å². The van der Waals surface area contributed by atoms with Gasteiger partial charge in [0.2, 0.25) is 0 Å². The van der Waals surface area contributed by atoms with Gasteiger partial charge in [-0.1, -0.05) is 13.0 Å². The molecule has 3 heteroatoms. The second kappa shape index (κ2) is 6.59. The van der Waals surface area contributed by atoms with E-state index in [1.54, 1.807) is 0 Å². The van der Waals surface area contributed by atoms with Crippen LogP contribution in [0.4, 0.5) is 5.69 Å². The minimum Gasteiger partial charge on any atom is -0.368 e. The summed E-state index contributed by atoms with van der Waals surface area (Å²) in [7, 11) is 2.23. The minimum atomic E-state index is 0.612. The molecule has 0 amide bonds. The summed E-state index contributed by atoms with van der Waals surface area (Å²) in [6.07, 6.45) is 0. The molecule has 20 heavy (non-hydrogen) atoms. The van der Waals surface area contributed by atoms with Crippen molar-refractivity contribution in [3.05, 3.63) is 29.3 Å². The Balaban J connectivity index is 2.11. The predicted octanol–water partition coefficient (Wildman–Crippen LogP) is 2.63. The molecule has 0 radical (unpaired) electrons. The van der Waals surface area contributed by atoms with Crippen LogP contribution in [-0.4, -0.2) is 43.7 Å². The van der Waals surface area contributed by atoms with Crippen molar-refractivity contribution in [3.63, 3.8) is 0 Å². The number of nitrogens with one attached hydrogen (secondary N) is 1. The van der Waals surface area contributed by atoms with Crippen LogP contribution in [-0.2, 0) is 6.54 Å². The van der Waals surface area contributed by atoms with E-state index < -0.39 is 0 Å². The lowest BCUT2D eigenvalue weighted by Crippen LogP contribution is -2.55. The largest absolute Gasteiger partial charge is 0.368 e. The van der Waals surface area contributed by atoms with Crippen molar-refractivity contribution in [2.45, 2.75) is 46.3 Å². The maximum Gasteiger partial charge on any atom is 0.0370 e. The molecule has 1 aliphatic rings. The van der Waals surface area contributed by atoms with E-state index in [4.69, 9.17) is 0 Å². The Kier molecular flexibility index (Phi) is 5.06. The number of benzene rings is 1. The lowest BCUT2D eigenvalue weighted by Gasteiger charge is -2.43. The van der Waals surface area contributed by atoms with E-state index in [0.29, 0.717) is 12.1 Å². The molecule has 0 saturated carbocycles. The smallest absolute Gasteiger partial charge is 0.0370 e. The molecule has 0 aliphatic carbocycles. The van der Waals surface area contributed by atoms with Crippen molar-refractivity contribution in [1.29, 1.82) is 0 Å². The highest BCUT2D eigenvalue weighted by Crippen LogP contribution is 2.24. The standard InChI is InChI=1S/C17H29N3/c1-6-18-10-16-7-8-17(9-13(16)2)20-11-14(3)19(5)15(4)12-20/h7-9,14-15,18H,6,10-12H2,1-5H3. The summed E-state index contributed by atoms with van der Waals surface area (Å²) in [4.78, 5) is 5.00. The monoisotopic (exact) mass is 275 g/mol. The number of nitrogens with zero attached hydrogens (tertiary/aromatic N) is 2. The molecule has 112 valence electrons. The molecule has 3 nitrogen and oxygen atoms in total. The van der Waals surface area contributed by atoms with Crippen LogP contribution in [0.1, 0.15) is 31.9 Å². The first-order valence-corrected chi connectivity index (χ1v) is 7.80. The van der Waals surface area contributed by atoms with Crippen molar-refractivity contribution < 1.29 is 0 Å². The highest BCUT2D eigenvalue weighted by atomic mass is 15.3. The average Bonchev–Trinajstić information content (AvgIpc) is 2.43. The zero-order chi connectivity index (χ0) is 14.7. The summed E-state index contributed by atoms with van der Waals surface area (Å²) < 4.78 is 0. The third kappa shape index (κ3) is 3.33. The van der Waals surface area contributed by atoms with Gasteiger partial charge in [0.1, 0.15) is 0 Å². The average molecular weight is 275 g/mol. The van der Waals surface area contributed by atoms with E-state index >= 15 is 0 Å². The zero-order valence-electron chi connectivity index (χ0n) is 13.6. The van der Waals surface area contributed by atoms with Crippen molar-refractivity contribution >= 4 is 5.69 Å². The summed E-state index contributed by atoms with van der Waals surface area (Å²) in [5, 5.41) is 3.40. The van der Waals surface area contributed by atoms with Gasteiger partial charge < -0.3 is 10.2 Å². The highest BCUT2D eigenvalue weighted by Gasteiger charge is 2.26. The molecule has 1 aliphatic heterocycles. The van der Waals surface area contributed by atoms with Gasteiger partial charge in [-0.15, -0.1) is 0 Å². The van der Waals surface area contributed by atoms with Gasteiger partial charge >= 0.3 is 0 Å². The number of anilines is 1. The van der Waals surface area contributed by atoms with E-state index in [2.05, 4.69) is 68.1 Å². The first-order valence-electron chi connectivity index (χ1n) is 7.80. The molecule has 2 rings (SSSR count). The third-order valence-corrected chi connectivity index (χ3v) is 4.62. The molecule has 2 unspecified atom stereocenters. The topological polar surface area (TPSA) is 18.5 Å². The number of rotatable bonds is 4. The molecule has 1 saturated heterocycles. The first-order chi connectivity index (χ1) is 9.52. The molecule has 1 aromatic rings. The molecule has 0 bridgehead atoms. The second-order valence-electron chi connectivity index (χ2n) is 6.16. The number of hydrogen-bond donors (Lipinski definition) is 1. The van der Waals surface area contributed by atoms with Gasteiger partial charge in [0.15, 0.2) is 0 Å². The molecule has 0 aromatic heterocycles. The number of hydrogen-bond acceptors (Lipinski definition) is 3. The fourth-order valence-corrected chi connectivity index (χ4v) is 2.95. The van der Waals surface area contributed by atoms with Crippen LogP contribution in [0.25, 0.3) is 0 Å². The van der Waals surface area contributed by atoms with Crippen LogP contribution < -0.4 is 10.2 Å². The zero-order valence-corrected chi connectivity index (χ0v) is 13.6. The quantitative estimate of drug-likeness (QED) is 0.911. The Labute approximate surface area is 124 Å². The SMILES string of the molecule is CCNCc1ccc(N2CC(C)N(C)C(C)C2)cc1C. The van der Waals surface area contributed by atoms with Crippen LogP contribution in [0.2, 0.25) is 0 Å². The summed E-state index contributed by atoms with van der Waals surface area (Å²) in [5.74, 6) is 0. The summed E-state index contributed by atoms with van der Waals surface area (Å²) >= 11 is 0. The van der Waals surface area contributed by atoms with E-state index in [0.717, 1.165) is 26.2 Å². The molecule has 0 spiro atoms. The van der Waals surface area contributed by atoms with Crippen LogP contribution in [0.5, 0.6) is 0 Å². The molecular formula is C17H29N3. The number of likely N-dealkylation sites (N-methyl/N-ethyl adjacent to an activating group) is 1. The molecule has 2 atom stereocenters. The van der Waals surface area contributed by atoms with Crippen LogP contribution >= 0.6 is 0 Å². The van der Waals surface area contributed by atoms with Crippen LogP contribution in [0.15, 0.2) is 18.2 Å². The van der Waals surface area contributed by atoms with Gasteiger partial charge in [0, 0.05) is 37.4 Å². The van der Waals surface area contributed by atoms with E-state index in [1.165, 1.54) is 16.8 Å². The Hall–Kier alpha value is -1.06. The maximum atomic E-state index is 3.40.